The van der Waals surface area contributed by atoms with Crippen LogP contribution < -0.4 is 10.9 Å². The van der Waals surface area contributed by atoms with E-state index in [0.717, 1.165) is 17.8 Å². The number of halogens is 2. The van der Waals surface area contributed by atoms with Crippen molar-refractivity contribution in [2.45, 2.75) is 32.7 Å². The van der Waals surface area contributed by atoms with Crippen molar-refractivity contribution in [1.82, 2.24) is 20.3 Å². The predicted octanol–water partition coefficient (Wildman–Crippen LogP) is 3.15. The lowest BCUT2D eigenvalue weighted by molar-refractivity contribution is -0.124. The lowest BCUT2D eigenvalue weighted by atomic mass is 10.1. The van der Waals surface area contributed by atoms with Crippen molar-refractivity contribution in [3.8, 4) is 0 Å². The van der Waals surface area contributed by atoms with Gasteiger partial charge in [0.05, 0.1) is 10.0 Å². The molecule has 2 heterocycles. The summed E-state index contributed by atoms with van der Waals surface area (Å²) in [6.45, 7) is 4.18. The summed E-state index contributed by atoms with van der Waals surface area (Å²) in [5.41, 5.74) is 7.29. The molecular formula is C18H19Cl2N5O2. The third-order valence-electron chi connectivity index (χ3n) is 4.26. The van der Waals surface area contributed by atoms with Crippen LogP contribution in [0.2, 0.25) is 10.0 Å². The molecule has 0 saturated carbocycles. The van der Waals surface area contributed by atoms with Crippen molar-refractivity contribution in [2.75, 3.05) is 12.0 Å². The molecule has 1 aromatic carbocycles. The van der Waals surface area contributed by atoms with Gasteiger partial charge in [-0.1, -0.05) is 23.2 Å². The van der Waals surface area contributed by atoms with E-state index >= 15 is 0 Å². The summed E-state index contributed by atoms with van der Waals surface area (Å²) in [6, 6.07) is 5.94. The van der Waals surface area contributed by atoms with E-state index < -0.39 is 6.04 Å². The quantitative estimate of drug-likeness (QED) is 0.759. The fourth-order valence-corrected chi connectivity index (χ4v) is 3.36. The number of hydrogen-bond donors (Lipinski definition) is 2. The van der Waals surface area contributed by atoms with E-state index in [1.165, 1.54) is 6.07 Å². The molecule has 142 valence electrons. The topological polar surface area (TPSA) is 87.2 Å². The SMILES string of the molecule is Cc1cc(C)nc(NNC(=O)[C@H]2CCCN2C(=O)c2ccc(Cl)c(Cl)c2)n1. The Morgan fingerprint density at radius 2 is 1.81 bits per heavy atom. The van der Waals surface area contributed by atoms with Crippen molar-refractivity contribution in [1.29, 1.82) is 0 Å². The van der Waals surface area contributed by atoms with Crippen LogP contribution in [0.4, 0.5) is 5.95 Å². The maximum absolute atomic E-state index is 12.8. The number of anilines is 1. The molecule has 1 atom stereocenters. The number of nitrogens with zero attached hydrogens (tertiary/aromatic N) is 3. The Balaban J connectivity index is 1.68. The highest BCUT2D eigenvalue weighted by atomic mass is 35.5. The zero-order chi connectivity index (χ0) is 19.6. The number of hydrogen-bond acceptors (Lipinski definition) is 5. The number of benzene rings is 1. The van der Waals surface area contributed by atoms with Crippen molar-refractivity contribution in [3.63, 3.8) is 0 Å². The molecule has 27 heavy (non-hydrogen) atoms. The van der Waals surface area contributed by atoms with Crippen molar-refractivity contribution < 1.29 is 9.59 Å². The van der Waals surface area contributed by atoms with Crippen LogP contribution in [0.25, 0.3) is 0 Å². The molecule has 3 rings (SSSR count). The van der Waals surface area contributed by atoms with Crippen LogP contribution in [-0.2, 0) is 4.79 Å². The maximum atomic E-state index is 12.8. The third kappa shape index (κ3) is 4.48. The average molecular weight is 408 g/mol. The monoisotopic (exact) mass is 407 g/mol. The number of likely N-dealkylation sites (tertiary alicyclic amines) is 1. The van der Waals surface area contributed by atoms with Crippen molar-refractivity contribution in [2.24, 2.45) is 0 Å². The molecule has 1 aromatic heterocycles. The van der Waals surface area contributed by atoms with Crippen LogP contribution in [-0.4, -0.2) is 39.3 Å². The molecular weight excluding hydrogens is 389 g/mol. The Morgan fingerprint density at radius 3 is 2.48 bits per heavy atom. The molecule has 2 N–H and O–H groups in total. The lowest BCUT2D eigenvalue weighted by Crippen LogP contribution is -2.47. The zero-order valence-corrected chi connectivity index (χ0v) is 16.4. The van der Waals surface area contributed by atoms with E-state index in [9.17, 15) is 9.59 Å². The van der Waals surface area contributed by atoms with Gasteiger partial charge in [0.25, 0.3) is 11.8 Å². The summed E-state index contributed by atoms with van der Waals surface area (Å²) in [7, 11) is 0. The second-order valence-corrected chi connectivity index (χ2v) is 7.19. The number of aryl methyl sites for hydroxylation is 2. The maximum Gasteiger partial charge on any atom is 0.261 e. The lowest BCUT2D eigenvalue weighted by Gasteiger charge is -2.24. The van der Waals surface area contributed by atoms with E-state index in [2.05, 4.69) is 20.8 Å². The molecule has 7 nitrogen and oxygen atoms in total. The Kier molecular flexibility index (Phi) is 5.82. The van der Waals surface area contributed by atoms with E-state index in [1.807, 2.05) is 19.9 Å². The minimum atomic E-state index is -0.578. The van der Waals surface area contributed by atoms with Gasteiger partial charge in [0.2, 0.25) is 5.95 Å². The first-order valence-electron chi connectivity index (χ1n) is 8.49. The fraction of sp³-hybridized carbons (Fsp3) is 0.333. The summed E-state index contributed by atoms with van der Waals surface area (Å²) < 4.78 is 0. The van der Waals surface area contributed by atoms with Gasteiger partial charge in [-0.05, 0) is 51.0 Å². The third-order valence-corrected chi connectivity index (χ3v) is 5.00. The highest BCUT2D eigenvalue weighted by Gasteiger charge is 2.34. The van der Waals surface area contributed by atoms with Gasteiger partial charge in [0, 0.05) is 23.5 Å². The molecule has 2 amide bonds. The second-order valence-electron chi connectivity index (χ2n) is 6.37. The van der Waals surface area contributed by atoms with E-state index in [1.54, 1.807) is 17.0 Å². The van der Waals surface area contributed by atoms with Crippen LogP contribution in [0.5, 0.6) is 0 Å². The van der Waals surface area contributed by atoms with E-state index in [0.29, 0.717) is 34.5 Å². The first kappa shape index (κ1) is 19.4. The predicted molar refractivity (Wildman–Crippen MR) is 104 cm³/mol. The van der Waals surface area contributed by atoms with Gasteiger partial charge in [-0.3, -0.25) is 20.4 Å². The highest BCUT2D eigenvalue weighted by molar-refractivity contribution is 6.42. The molecule has 0 unspecified atom stereocenters. The summed E-state index contributed by atoms with van der Waals surface area (Å²) in [4.78, 5) is 35.3. The molecule has 0 bridgehead atoms. The van der Waals surface area contributed by atoms with Gasteiger partial charge in [-0.15, -0.1) is 0 Å². The van der Waals surface area contributed by atoms with Gasteiger partial charge in [-0.25, -0.2) is 9.97 Å². The fourth-order valence-electron chi connectivity index (χ4n) is 3.06. The summed E-state index contributed by atoms with van der Waals surface area (Å²) >= 11 is 11.9. The van der Waals surface area contributed by atoms with Gasteiger partial charge in [-0.2, -0.15) is 0 Å². The standard InChI is InChI=1S/C18H19Cl2N5O2/c1-10-8-11(2)22-18(21-10)24-23-16(26)15-4-3-7-25(15)17(27)12-5-6-13(19)14(20)9-12/h5-6,8-9,15H,3-4,7H2,1-2H3,(H,23,26)(H,21,22,24)/t15-/m1/s1. The smallest absolute Gasteiger partial charge is 0.261 e. The van der Waals surface area contributed by atoms with Gasteiger partial charge in [0.15, 0.2) is 0 Å². The Morgan fingerprint density at radius 1 is 1.11 bits per heavy atom. The highest BCUT2D eigenvalue weighted by Crippen LogP contribution is 2.26. The number of carbonyl (C=O) groups excluding carboxylic acids is 2. The number of carbonyl (C=O) groups is 2. The minimum absolute atomic E-state index is 0.256. The zero-order valence-electron chi connectivity index (χ0n) is 14.9. The molecule has 1 aliphatic heterocycles. The second kappa shape index (κ2) is 8.10. The van der Waals surface area contributed by atoms with Crippen LogP contribution in [0.15, 0.2) is 24.3 Å². The van der Waals surface area contributed by atoms with Crippen LogP contribution in [0.1, 0.15) is 34.6 Å². The Hall–Kier alpha value is -2.38. The van der Waals surface area contributed by atoms with Gasteiger partial charge >= 0.3 is 0 Å². The molecule has 0 aliphatic carbocycles. The summed E-state index contributed by atoms with van der Waals surface area (Å²) in [6.07, 6.45) is 1.32. The first-order valence-corrected chi connectivity index (χ1v) is 9.25. The number of aromatic nitrogens is 2. The van der Waals surface area contributed by atoms with Crippen molar-refractivity contribution >= 4 is 41.0 Å². The number of hydrazine groups is 1. The average Bonchev–Trinajstić information content (AvgIpc) is 3.10. The molecule has 1 fully saturated rings. The van der Waals surface area contributed by atoms with E-state index in [-0.39, 0.29) is 11.8 Å². The van der Waals surface area contributed by atoms with Crippen LogP contribution in [0.3, 0.4) is 0 Å². The molecule has 0 spiro atoms. The molecule has 1 aliphatic rings. The molecule has 2 aromatic rings. The molecule has 1 saturated heterocycles. The van der Waals surface area contributed by atoms with Crippen LogP contribution >= 0.6 is 23.2 Å². The number of amides is 2. The molecule has 0 radical (unpaired) electrons. The number of nitrogens with one attached hydrogen (secondary N) is 2. The normalized spacial score (nSPS) is 16.3. The van der Waals surface area contributed by atoms with E-state index in [4.69, 9.17) is 23.2 Å². The largest absolute Gasteiger partial charge is 0.327 e. The van der Waals surface area contributed by atoms with Gasteiger partial charge < -0.3 is 4.90 Å². The number of rotatable bonds is 4. The summed E-state index contributed by atoms with van der Waals surface area (Å²) in [5, 5.41) is 0.679. The van der Waals surface area contributed by atoms with Crippen LogP contribution in [0, 0.1) is 13.8 Å². The molecule has 9 heteroatoms. The Bertz CT molecular complexity index is 870. The van der Waals surface area contributed by atoms with Gasteiger partial charge in [0.1, 0.15) is 6.04 Å². The van der Waals surface area contributed by atoms with Crippen molar-refractivity contribution in [3.05, 3.63) is 51.3 Å². The Labute approximate surface area is 167 Å². The first-order chi connectivity index (χ1) is 12.8. The minimum Gasteiger partial charge on any atom is -0.327 e. The summed E-state index contributed by atoms with van der Waals surface area (Å²) in [5.74, 6) is -0.265.